The van der Waals surface area contributed by atoms with Crippen molar-refractivity contribution in [3.63, 3.8) is 0 Å². The minimum Gasteiger partial charge on any atom is -0.399 e. The molecule has 0 spiro atoms. The van der Waals surface area contributed by atoms with Crippen LogP contribution in [0.2, 0.25) is 0 Å². The van der Waals surface area contributed by atoms with Gasteiger partial charge in [0.15, 0.2) is 10.9 Å². The Labute approximate surface area is 85.0 Å². The average molecular weight is 211 g/mol. The molecule has 0 fully saturated rings. The van der Waals surface area contributed by atoms with E-state index in [0.29, 0.717) is 11.2 Å². The lowest BCUT2D eigenvalue weighted by atomic mass is 10.3. The van der Waals surface area contributed by atoms with Crippen LogP contribution in [0.5, 0.6) is 0 Å². The molecule has 0 aliphatic heterocycles. The van der Waals surface area contributed by atoms with E-state index in [1.807, 2.05) is 19.0 Å². The number of hydrogen-bond donors (Lipinski definition) is 1. The number of benzene rings is 1. The normalized spacial score (nSPS) is 10.8. The van der Waals surface area contributed by atoms with Crippen LogP contribution in [0, 0.1) is 5.82 Å². The molecule has 0 aliphatic carbocycles. The Morgan fingerprint density at radius 1 is 1.43 bits per heavy atom. The van der Waals surface area contributed by atoms with Gasteiger partial charge in [0.05, 0.1) is 4.70 Å². The van der Waals surface area contributed by atoms with Gasteiger partial charge in [-0.15, -0.1) is 0 Å². The highest BCUT2D eigenvalue weighted by Gasteiger charge is 2.10. The lowest BCUT2D eigenvalue weighted by molar-refractivity contribution is 0.638. The number of nitrogens with zero attached hydrogens (tertiary/aromatic N) is 2. The summed E-state index contributed by atoms with van der Waals surface area (Å²) in [6.45, 7) is 0. The second-order valence-corrected chi connectivity index (χ2v) is 4.25. The third kappa shape index (κ3) is 1.39. The van der Waals surface area contributed by atoms with E-state index in [9.17, 15) is 4.39 Å². The molecule has 14 heavy (non-hydrogen) atoms. The molecule has 1 aromatic carbocycles. The highest BCUT2D eigenvalue weighted by molar-refractivity contribution is 7.22. The Hall–Kier alpha value is -1.36. The van der Waals surface area contributed by atoms with Crippen molar-refractivity contribution in [2.45, 2.75) is 0 Å². The van der Waals surface area contributed by atoms with Crippen molar-refractivity contribution in [2.24, 2.45) is 0 Å². The number of hydrogen-bond acceptors (Lipinski definition) is 4. The van der Waals surface area contributed by atoms with E-state index >= 15 is 0 Å². The average Bonchev–Trinajstić information content (AvgIpc) is 2.47. The van der Waals surface area contributed by atoms with Gasteiger partial charge in [-0.05, 0) is 12.1 Å². The van der Waals surface area contributed by atoms with Gasteiger partial charge in [-0.3, -0.25) is 0 Å². The molecule has 2 N–H and O–H groups in total. The Bertz CT molecular complexity index is 478. The number of anilines is 2. The van der Waals surface area contributed by atoms with Crippen LogP contribution in [0.1, 0.15) is 0 Å². The summed E-state index contributed by atoms with van der Waals surface area (Å²) in [5.41, 5.74) is 6.37. The SMILES string of the molecule is CN(C)c1nc2c(F)cc(N)cc2s1. The molecule has 1 aromatic heterocycles. The van der Waals surface area contributed by atoms with E-state index in [0.717, 1.165) is 9.83 Å². The van der Waals surface area contributed by atoms with E-state index in [2.05, 4.69) is 4.98 Å². The molecular formula is C9H10FN3S. The van der Waals surface area contributed by atoms with Crippen LogP contribution in [0.25, 0.3) is 10.2 Å². The third-order valence-electron chi connectivity index (χ3n) is 1.84. The number of aromatic nitrogens is 1. The first kappa shape index (κ1) is 9.21. The minimum atomic E-state index is -0.357. The zero-order chi connectivity index (χ0) is 10.3. The molecule has 0 bridgehead atoms. The van der Waals surface area contributed by atoms with Gasteiger partial charge >= 0.3 is 0 Å². The monoisotopic (exact) mass is 211 g/mol. The molecule has 5 heteroatoms. The number of thiazole rings is 1. The molecule has 0 saturated carbocycles. The summed E-state index contributed by atoms with van der Waals surface area (Å²) in [4.78, 5) is 6.01. The second kappa shape index (κ2) is 3.09. The lowest BCUT2D eigenvalue weighted by Gasteiger charge is -2.04. The number of nitrogens with two attached hydrogens (primary N) is 1. The maximum Gasteiger partial charge on any atom is 0.186 e. The largest absolute Gasteiger partial charge is 0.399 e. The van der Waals surface area contributed by atoms with Crippen molar-refractivity contribution in [1.82, 2.24) is 4.98 Å². The van der Waals surface area contributed by atoms with Crippen LogP contribution < -0.4 is 10.6 Å². The smallest absolute Gasteiger partial charge is 0.186 e. The lowest BCUT2D eigenvalue weighted by Crippen LogP contribution is -2.07. The molecule has 0 aliphatic rings. The summed E-state index contributed by atoms with van der Waals surface area (Å²) >= 11 is 1.43. The van der Waals surface area contributed by atoms with Crippen LogP contribution in [0.15, 0.2) is 12.1 Å². The van der Waals surface area contributed by atoms with Gasteiger partial charge in [0.25, 0.3) is 0 Å². The van der Waals surface area contributed by atoms with Crippen LogP contribution in [0.3, 0.4) is 0 Å². The van der Waals surface area contributed by atoms with Gasteiger partial charge < -0.3 is 10.6 Å². The Kier molecular flexibility index (Phi) is 2.03. The Balaban J connectivity index is 2.70. The van der Waals surface area contributed by atoms with Gasteiger partial charge in [0.2, 0.25) is 0 Å². The number of nitrogen functional groups attached to an aromatic ring is 1. The quantitative estimate of drug-likeness (QED) is 0.734. The first-order valence-electron chi connectivity index (χ1n) is 4.11. The van der Waals surface area contributed by atoms with Gasteiger partial charge in [-0.1, -0.05) is 11.3 Å². The zero-order valence-corrected chi connectivity index (χ0v) is 8.73. The number of halogens is 1. The minimum absolute atomic E-state index is 0.357. The summed E-state index contributed by atoms with van der Waals surface area (Å²) in [6.07, 6.45) is 0. The fraction of sp³-hybridized carbons (Fsp3) is 0.222. The highest BCUT2D eigenvalue weighted by Crippen LogP contribution is 2.30. The predicted molar refractivity (Wildman–Crippen MR) is 58.3 cm³/mol. The van der Waals surface area contributed by atoms with Gasteiger partial charge in [-0.2, -0.15) is 0 Å². The number of rotatable bonds is 1. The summed E-state index contributed by atoms with van der Waals surface area (Å²) in [6, 6.07) is 3.03. The van der Waals surface area contributed by atoms with Crippen molar-refractivity contribution >= 4 is 32.4 Å². The zero-order valence-electron chi connectivity index (χ0n) is 7.91. The molecule has 2 aromatic rings. The van der Waals surface area contributed by atoms with E-state index in [-0.39, 0.29) is 5.82 Å². The van der Waals surface area contributed by atoms with E-state index in [4.69, 9.17) is 5.73 Å². The predicted octanol–water partition coefficient (Wildman–Crippen LogP) is 2.08. The maximum atomic E-state index is 13.4. The maximum absolute atomic E-state index is 13.4. The van der Waals surface area contributed by atoms with Crippen molar-refractivity contribution in [3.05, 3.63) is 17.9 Å². The van der Waals surface area contributed by atoms with Crippen molar-refractivity contribution in [1.29, 1.82) is 0 Å². The van der Waals surface area contributed by atoms with E-state index in [1.165, 1.54) is 17.4 Å². The van der Waals surface area contributed by atoms with E-state index in [1.54, 1.807) is 6.07 Å². The second-order valence-electron chi connectivity index (χ2n) is 3.24. The van der Waals surface area contributed by atoms with Crippen LogP contribution >= 0.6 is 11.3 Å². The highest BCUT2D eigenvalue weighted by atomic mass is 32.1. The molecule has 74 valence electrons. The molecule has 0 radical (unpaired) electrons. The molecule has 0 saturated heterocycles. The molecular weight excluding hydrogens is 201 g/mol. The molecule has 1 heterocycles. The number of fused-ring (bicyclic) bond motifs is 1. The van der Waals surface area contributed by atoms with Crippen LogP contribution in [-0.2, 0) is 0 Å². The van der Waals surface area contributed by atoms with Crippen molar-refractivity contribution < 1.29 is 4.39 Å². The topological polar surface area (TPSA) is 42.2 Å². The molecule has 0 atom stereocenters. The molecule has 2 rings (SSSR count). The first-order chi connectivity index (χ1) is 6.58. The summed E-state index contributed by atoms with van der Waals surface area (Å²) in [7, 11) is 3.75. The van der Waals surface area contributed by atoms with E-state index < -0.39 is 0 Å². The van der Waals surface area contributed by atoms with Crippen molar-refractivity contribution in [3.8, 4) is 0 Å². The van der Waals surface area contributed by atoms with Gasteiger partial charge in [-0.25, -0.2) is 9.37 Å². The summed E-state index contributed by atoms with van der Waals surface area (Å²) in [5.74, 6) is -0.357. The van der Waals surface area contributed by atoms with Gasteiger partial charge in [0, 0.05) is 19.8 Å². The van der Waals surface area contributed by atoms with Gasteiger partial charge in [0.1, 0.15) is 5.52 Å². The summed E-state index contributed by atoms with van der Waals surface area (Å²) < 4.78 is 14.2. The molecule has 0 amide bonds. The first-order valence-corrected chi connectivity index (χ1v) is 4.92. The van der Waals surface area contributed by atoms with Crippen LogP contribution in [-0.4, -0.2) is 19.1 Å². The third-order valence-corrected chi connectivity index (χ3v) is 3.01. The molecule has 0 unspecified atom stereocenters. The summed E-state index contributed by atoms with van der Waals surface area (Å²) in [5, 5.41) is 0.782. The molecule has 3 nitrogen and oxygen atoms in total. The fourth-order valence-electron chi connectivity index (χ4n) is 1.19. The Morgan fingerprint density at radius 2 is 2.14 bits per heavy atom. The Morgan fingerprint density at radius 3 is 2.79 bits per heavy atom. The van der Waals surface area contributed by atoms with Crippen LogP contribution in [0.4, 0.5) is 15.2 Å². The van der Waals surface area contributed by atoms with Crippen molar-refractivity contribution in [2.75, 3.05) is 24.7 Å². The standard InChI is InChI=1S/C9H10FN3S/c1-13(2)9-12-8-6(10)3-5(11)4-7(8)14-9/h3-4H,11H2,1-2H3. The fourth-order valence-corrected chi connectivity index (χ4v) is 2.14.